The van der Waals surface area contributed by atoms with Crippen LogP contribution in [0.15, 0.2) is 24.3 Å². The van der Waals surface area contributed by atoms with Crippen molar-refractivity contribution < 1.29 is 56.0 Å². The standard InChI is InChI=1S/2C17H29O4P.Mn/c2*1-8-14(22(19,20)21)11-9-12(16(2,3)4)15(18)13(10-11)17(5,6)7;/h2*9-10,14,18H,8H2,1-7H3,(H2,19,20,21);/q;;+4/p-4. The Kier molecular flexibility index (Phi) is 14.6. The summed E-state index contributed by atoms with van der Waals surface area (Å²) in [5.41, 5.74) is 0.0924. The van der Waals surface area contributed by atoms with E-state index in [4.69, 9.17) is 0 Å². The second kappa shape index (κ2) is 15.0. The van der Waals surface area contributed by atoms with E-state index in [1.54, 1.807) is 38.1 Å². The minimum atomic E-state index is -4.74. The first-order chi connectivity index (χ1) is 19.4. The van der Waals surface area contributed by atoms with Crippen molar-refractivity contribution >= 4 is 15.2 Å². The molecule has 0 saturated heterocycles. The SMILES string of the molecule is CCC(c1cc(C(C)(C)C)c(O)c(C(C)(C)C)c1)P(=O)([O-])[O-].CCC(c1cc(C(C)(C)C)c(O)c(C(C)(C)C)c1)P(=O)([O-])[O-].[Mn+4]. The molecule has 0 bridgehead atoms. The van der Waals surface area contributed by atoms with Gasteiger partial charge in [0.2, 0.25) is 0 Å². The van der Waals surface area contributed by atoms with Gasteiger partial charge in [0.05, 0.1) is 0 Å². The van der Waals surface area contributed by atoms with E-state index in [1.807, 2.05) is 83.1 Å². The number of aromatic hydroxyl groups is 2. The summed E-state index contributed by atoms with van der Waals surface area (Å²) in [6, 6.07) is 6.67. The molecule has 2 atom stereocenters. The van der Waals surface area contributed by atoms with E-state index < -0.39 is 26.5 Å². The molecule has 2 rings (SSSR count). The van der Waals surface area contributed by atoms with E-state index in [-0.39, 0.29) is 63.1 Å². The van der Waals surface area contributed by atoms with Crippen LogP contribution in [0.1, 0.15) is 154 Å². The van der Waals surface area contributed by atoms with Gasteiger partial charge in [-0.05, 0) is 67.9 Å². The van der Waals surface area contributed by atoms with Crippen molar-refractivity contribution in [2.24, 2.45) is 0 Å². The van der Waals surface area contributed by atoms with Gasteiger partial charge >= 0.3 is 17.1 Å². The third kappa shape index (κ3) is 11.5. The van der Waals surface area contributed by atoms with Crippen LogP contribution < -0.4 is 19.6 Å². The molecule has 0 aromatic heterocycles. The molecule has 0 aliphatic rings. The van der Waals surface area contributed by atoms with Gasteiger partial charge in [0.1, 0.15) is 11.5 Å². The maximum Gasteiger partial charge on any atom is 4.00 e. The molecule has 2 aromatic carbocycles. The molecule has 45 heavy (non-hydrogen) atoms. The van der Waals surface area contributed by atoms with Gasteiger partial charge in [-0.15, -0.1) is 0 Å². The topological polar surface area (TPSA) is 167 Å². The van der Waals surface area contributed by atoms with Crippen LogP contribution in [-0.2, 0) is 47.9 Å². The molecule has 2 N–H and O–H groups in total. The summed E-state index contributed by atoms with van der Waals surface area (Å²) in [5, 5.41) is 21.2. The maximum absolute atomic E-state index is 11.6. The molecule has 1 radical (unpaired) electrons. The first kappa shape index (κ1) is 43.9. The monoisotopic (exact) mass is 707 g/mol. The summed E-state index contributed by atoms with van der Waals surface area (Å²) in [6.07, 6.45) is 0.449. The van der Waals surface area contributed by atoms with Crippen LogP contribution in [0.5, 0.6) is 11.5 Å². The zero-order valence-corrected chi connectivity index (χ0v) is 32.5. The number of rotatable bonds is 6. The van der Waals surface area contributed by atoms with Gasteiger partial charge in [-0.1, -0.05) is 136 Å². The van der Waals surface area contributed by atoms with Gasteiger partial charge in [0.25, 0.3) is 0 Å². The Bertz CT molecular complexity index is 1220. The van der Waals surface area contributed by atoms with Crippen LogP contribution in [0, 0.1) is 0 Å². The zero-order chi connectivity index (χ0) is 35.0. The van der Waals surface area contributed by atoms with E-state index in [0.29, 0.717) is 33.4 Å². The van der Waals surface area contributed by atoms with Gasteiger partial charge in [-0.2, -0.15) is 0 Å². The molecule has 11 heteroatoms. The second-order valence-electron chi connectivity index (χ2n) is 15.9. The molecule has 0 aliphatic heterocycles. The molecular formula is C34H54MnO8P2. The minimum Gasteiger partial charge on any atom is -0.810 e. The van der Waals surface area contributed by atoms with Crippen molar-refractivity contribution in [2.45, 2.75) is 143 Å². The van der Waals surface area contributed by atoms with Gasteiger partial charge in [0.15, 0.2) is 0 Å². The van der Waals surface area contributed by atoms with Crippen LogP contribution >= 0.6 is 15.2 Å². The molecule has 0 amide bonds. The van der Waals surface area contributed by atoms with Crippen molar-refractivity contribution in [3.8, 4) is 11.5 Å². The van der Waals surface area contributed by atoms with E-state index in [9.17, 15) is 38.9 Å². The Hall–Kier alpha value is -1.14. The van der Waals surface area contributed by atoms with E-state index in [2.05, 4.69) is 0 Å². The van der Waals surface area contributed by atoms with E-state index >= 15 is 0 Å². The number of benzene rings is 2. The number of hydrogen-bond acceptors (Lipinski definition) is 8. The molecule has 0 fully saturated rings. The van der Waals surface area contributed by atoms with Crippen LogP contribution in [0.25, 0.3) is 0 Å². The Morgan fingerprint density at radius 2 is 0.711 bits per heavy atom. The van der Waals surface area contributed by atoms with Crippen LogP contribution in [0.2, 0.25) is 0 Å². The summed E-state index contributed by atoms with van der Waals surface area (Å²) in [4.78, 5) is 46.3. The average Bonchev–Trinajstić information content (AvgIpc) is 2.77. The molecule has 0 saturated carbocycles. The van der Waals surface area contributed by atoms with Crippen LogP contribution in [0.3, 0.4) is 0 Å². The minimum absolute atomic E-state index is 0. The quantitative estimate of drug-likeness (QED) is 0.247. The fourth-order valence-corrected chi connectivity index (χ4v) is 7.19. The molecule has 0 heterocycles. The molecule has 2 unspecified atom stereocenters. The second-order valence-corrected chi connectivity index (χ2v) is 19.3. The molecule has 2 aromatic rings. The van der Waals surface area contributed by atoms with Gasteiger partial charge in [-0.3, -0.25) is 0 Å². The predicted octanol–water partition coefficient (Wildman–Crippen LogP) is 6.70. The van der Waals surface area contributed by atoms with E-state index in [0.717, 1.165) is 0 Å². The Balaban J connectivity index is 0.000000842. The summed E-state index contributed by atoms with van der Waals surface area (Å²) in [5.74, 6) is 0.371. The number of phenolic OH excluding ortho intramolecular Hbond substituents is 2. The normalized spacial score (nSPS) is 14.6. The number of hydrogen-bond donors (Lipinski definition) is 2. The van der Waals surface area contributed by atoms with Crippen molar-refractivity contribution in [2.75, 3.05) is 0 Å². The van der Waals surface area contributed by atoms with Gasteiger partial charge in [-0.25, -0.2) is 0 Å². The third-order valence-corrected chi connectivity index (χ3v) is 10.7. The zero-order valence-electron chi connectivity index (χ0n) is 29.5. The Labute approximate surface area is 282 Å². The first-order valence-corrected chi connectivity index (χ1v) is 18.4. The molecule has 0 spiro atoms. The maximum atomic E-state index is 11.6. The van der Waals surface area contributed by atoms with Crippen LogP contribution in [-0.4, -0.2) is 10.2 Å². The average molecular weight is 708 g/mol. The Morgan fingerprint density at radius 1 is 0.533 bits per heavy atom. The van der Waals surface area contributed by atoms with Gasteiger partial charge in [0, 0.05) is 11.3 Å². The Morgan fingerprint density at radius 3 is 0.822 bits per heavy atom. The molecule has 255 valence electrons. The molecule has 0 aliphatic carbocycles. The van der Waals surface area contributed by atoms with E-state index in [1.165, 1.54) is 0 Å². The van der Waals surface area contributed by atoms with Crippen molar-refractivity contribution in [1.82, 2.24) is 0 Å². The first-order valence-electron chi connectivity index (χ1n) is 15.2. The van der Waals surface area contributed by atoms with Crippen molar-refractivity contribution in [1.29, 1.82) is 0 Å². The van der Waals surface area contributed by atoms with Crippen molar-refractivity contribution in [3.63, 3.8) is 0 Å². The smallest absolute Gasteiger partial charge is 0.810 e. The van der Waals surface area contributed by atoms with Crippen molar-refractivity contribution in [3.05, 3.63) is 57.6 Å². The van der Waals surface area contributed by atoms with Crippen LogP contribution in [0.4, 0.5) is 0 Å². The molecule has 8 nitrogen and oxygen atoms in total. The largest absolute Gasteiger partial charge is 4.00 e. The fourth-order valence-electron chi connectivity index (χ4n) is 5.27. The summed E-state index contributed by atoms with van der Waals surface area (Å²) >= 11 is 0. The molecular weight excluding hydrogens is 653 g/mol. The third-order valence-electron chi connectivity index (χ3n) is 7.80. The predicted molar refractivity (Wildman–Crippen MR) is 172 cm³/mol. The van der Waals surface area contributed by atoms with Gasteiger partial charge < -0.3 is 38.9 Å². The summed E-state index contributed by atoms with van der Waals surface area (Å²) < 4.78 is 23.2. The number of phenols is 2. The summed E-state index contributed by atoms with van der Waals surface area (Å²) in [7, 11) is -9.48. The fraction of sp³-hybridized carbons (Fsp3) is 0.647. The summed E-state index contributed by atoms with van der Waals surface area (Å²) in [6.45, 7) is 26.8.